The Morgan fingerprint density at radius 1 is 1.71 bits per heavy atom. The van der Waals surface area contributed by atoms with Gasteiger partial charge in [-0.25, -0.2) is 4.68 Å². The Morgan fingerprint density at radius 3 is 2.79 bits per heavy atom. The Bertz CT molecular complexity index is 330. The Balaban J connectivity index is 2.85. The number of nitrogens with zero attached hydrogens (tertiary/aromatic N) is 2. The first kappa shape index (κ1) is 10.6. The first-order valence-corrected chi connectivity index (χ1v) is 4.68. The minimum absolute atomic E-state index is 0.104. The summed E-state index contributed by atoms with van der Waals surface area (Å²) >= 11 is 0. The highest BCUT2D eigenvalue weighted by molar-refractivity contribution is 5.98. The molecule has 14 heavy (non-hydrogen) atoms. The number of nitrogens with one attached hydrogen (secondary N) is 1. The standard InChI is InChI=1S/C9H16N4O/c1-4-13-8(10)7(5-11-13)9(14)12-6(2)3/h5-6H,4,10H2,1-3H3,(H,12,14). The van der Waals surface area contributed by atoms with Crippen LogP contribution in [0.1, 0.15) is 31.1 Å². The molecule has 5 heteroatoms. The van der Waals surface area contributed by atoms with Gasteiger partial charge in [-0.15, -0.1) is 0 Å². The van der Waals surface area contributed by atoms with Crippen LogP contribution in [-0.2, 0) is 6.54 Å². The molecule has 0 aliphatic carbocycles. The zero-order valence-corrected chi connectivity index (χ0v) is 8.74. The minimum Gasteiger partial charge on any atom is -0.383 e. The van der Waals surface area contributed by atoms with Crippen molar-refractivity contribution in [2.75, 3.05) is 5.73 Å². The van der Waals surface area contributed by atoms with E-state index in [1.807, 2.05) is 20.8 Å². The van der Waals surface area contributed by atoms with Crippen molar-refractivity contribution in [2.24, 2.45) is 0 Å². The van der Waals surface area contributed by atoms with Crippen molar-refractivity contribution in [3.05, 3.63) is 11.8 Å². The van der Waals surface area contributed by atoms with Crippen molar-refractivity contribution in [3.8, 4) is 0 Å². The summed E-state index contributed by atoms with van der Waals surface area (Å²) in [6, 6.07) is 0.104. The quantitative estimate of drug-likeness (QED) is 0.744. The third-order valence-corrected chi connectivity index (χ3v) is 1.84. The van der Waals surface area contributed by atoms with E-state index in [1.165, 1.54) is 6.20 Å². The number of anilines is 1. The molecule has 1 amide bonds. The summed E-state index contributed by atoms with van der Waals surface area (Å²) in [6.45, 7) is 6.39. The van der Waals surface area contributed by atoms with Crippen LogP contribution in [-0.4, -0.2) is 21.7 Å². The second-order valence-corrected chi connectivity index (χ2v) is 3.39. The zero-order chi connectivity index (χ0) is 10.7. The topological polar surface area (TPSA) is 72.9 Å². The van der Waals surface area contributed by atoms with Gasteiger partial charge in [-0.2, -0.15) is 5.10 Å². The second kappa shape index (κ2) is 4.13. The molecule has 0 saturated heterocycles. The molecule has 0 saturated carbocycles. The molecule has 0 aliphatic heterocycles. The Morgan fingerprint density at radius 2 is 2.36 bits per heavy atom. The van der Waals surface area contributed by atoms with Crippen LogP contribution < -0.4 is 11.1 Å². The molecule has 0 radical (unpaired) electrons. The summed E-state index contributed by atoms with van der Waals surface area (Å²) in [4.78, 5) is 11.6. The van der Waals surface area contributed by atoms with Gasteiger partial charge < -0.3 is 11.1 Å². The molecule has 0 aromatic carbocycles. The van der Waals surface area contributed by atoms with E-state index in [2.05, 4.69) is 10.4 Å². The molecule has 0 fully saturated rings. The average Bonchev–Trinajstić information content (AvgIpc) is 2.45. The number of nitrogens with two attached hydrogens (primary N) is 1. The normalized spacial score (nSPS) is 10.6. The fourth-order valence-electron chi connectivity index (χ4n) is 1.16. The summed E-state index contributed by atoms with van der Waals surface area (Å²) in [5, 5.41) is 6.76. The fraction of sp³-hybridized carbons (Fsp3) is 0.556. The lowest BCUT2D eigenvalue weighted by Crippen LogP contribution is -2.30. The van der Waals surface area contributed by atoms with E-state index >= 15 is 0 Å². The highest BCUT2D eigenvalue weighted by Gasteiger charge is 2.14. The number of carbonyl (C=O) groups is 1. The number of rotatable bonds is 3. The second-order valence-electron chi connectivity index (χ2n) is 3.39. The Hall–Kier alpha value is -1.52. The minimum atomic E-state index is -0.169. The van der Waals surface area contributed by atoms with Crippen LogP contribution in [0.4, 0.5) is 5.82 Å². The monoisotopic (exact) mass is 196 g/mol. The fourth-order valence-corrected chi connectivity index (χ4v) is 1.16. The van der Waals surface area contributed by atoms with Crippen LogP contribution in [0.2, 0.25) is 0 Å². The summed E-state index contributed by atoms with van der Waals surface area (Å²) in [6.07, 6.45) is 1.50. The molecule has 3 N–H and O–H groups in total. The number of nitrogen functional groups attached to an aromatic ring is 1. The smallest absolute Gasteiger partial charge is 0.256 e. The van der Waals surface area contributed by atoms with Crippen LogP contribution in [0.15, 0.2) is 6.20 Å². The molecule has 0 unspecified atom stereocenters. The Kier molecular flexibility index (Phi) is 3.11. The van der Waals surface area contributed by atoms with E-state index in [4.69, 9.17) is 5.73 Å². The van der Waals surface area contributed by atoms with Gasteiger partial charge in [0.1, 0.15) is 11.4 Å². The highest BCUT2D eigenvalue weighted by Crippen LogP contribution is 2.10. The molecule has 1 heterocycles. The molecule has 1 rings (SSSR count). The molecular weight excluding hydrogens is 180 g/mol. The first-order chi connectivity index (χ1) is 6.56. The summed E-state index contributed by atoms with van der Waals surface area (Å²) < 4.78 is 1.59. The zero-order valence-electron chi connectivity index (χ0n) is 8.74. The maximum atomic E-state index is 11.6. The van der Waals surface area contributed by atoms with Gasteiger partial charge in [0, 0.05) is 12.6 Å². The van der Waals surface area contributed by atoms with E-state index in [0.29, 0.717) is 17.9 Å². The summed E-state index contributed by atoms with van der Waals surface area (Å²) in [5.41, 5.74) is 6.18. The van der Waals surface area contributed by atoms with Gasteiger partial charge in [0.25, 0.3) is 5.91 Å². The van der Waals surface area contributed by atoms with Crippen LogP contribution in [0.5, 0.6) is 0 Å². The van der Waals surface area contributed by atoms with E-state index in [9.17, 15) is 4.79 Å². The molecule has 78 valence electrons. The molecule has 0 aliphatic rings. The number of amides is 1. The predicted molar refractivity (Wildman–Crippen MR) is 54.9 cm³/mol. The molecule has 0 spiro atoms. The highest BCUT2D eigenvalue weighted by atomic mass is 16.1. The van der Waals surface area contributed by atoms with Gasteiger partial charge in [-0.1, -0.05) is 0 Å². The number of hydrogen-bond donors (Lipinski definition) is 2. The number of hydrogen-bond acceptors (Lipinski definition) is 3. The van der Waals surface area contributed by atoms with Gasteiger partial charge in [0.15, 0.2) is 0 Å². The largest absolute Gasteiger partial charge is 0.383 e. The van der Waals surface area contributed by atoms with Crippen molar-refractivity contribution >= 4 is 11.7 Å². The van der Waals surface area contributed by atoms with Gasteiger partial charge in [0.2, 0.25) is 0 Å². The van der Waals surface area contributed by atoms with Crippen LogP contribution in [0, 0.1) is 0 Å². The lowest BCUT2D eigenvalue weighted by molar-refractivity contribution is 0.0944. The molecule has 1 aromatic rings. The van der Waals surface area contributed by atoms with Gasteiger partial charge in [-0.3, -0.25) is 4.79 Å². The maximum absolute atomic E-state index is 11.6. The van der Waals surface area contributed by atoms with Crippen molar-refractivity contribution in [1.82, 2.24) is 15.1 Å². The molecule has 0 atom stereocenters. The number of carbonyl (C=O) groups excluding carboxylic acids is 1. The van der Waals surface area contributed by atoms with E-state index < -0.39 is 0 Å². The van der Waals surface area contributed by atoms with Crippen LogP contribution >= 0.6 is 0 Å². The van der Waals surface area contributed by atoms with Crippen molar-refractivity contribution in [1.29, 1.82) is 0 Å². The van der Waals surface area contributed by atoms with Gasteiger partial charge >= 0.3 is 0 Å². The lowest BCUT2D eigenvalue weighted by atomic mass is 10.3. The van der Waals surface area contributed by atoms with Gasteiger partial charge in [0.05, 0.1) is 6.20 Å². The molecule has 1 aromatic heterocycles. The molecule has 5 nitrogen and oxygen atoms in total. The number of aromatic nitrogens is 2. The molecule has 0 bridgehead atoms. The van der Waals surface area contributed by atoms with Crippen LogP contribution in [0.3, 0.4) is 0 Å². The average molecular weight is 196 g/mol. The van der Waals surface area contributed by atoms with E-state index in [1.54, 1.807) is 4.68 Å². The SMILES string of the molecule is CCn1ncc(C(=O)NC(C)C)c1N. The van der Waals surface area contributed by atoms with Crippen LogP contribution in [0.25, 0.3) is 0 Å². The third kappa shape index (κ3) is 2.04. The van der Waals surface area contributed by atoms with E-state index in [-0.39, 0.29) is 11.9 Å². The van der Waals surface area contributed by atoms with E-state index in [0.717, 1.165) is 0 Å². The summed E-state index contributed by atoms with van der Waals surface area (Å²) in [7, 11) is 0. The lowest BCUT2D eigenvalue weighted by Gasteiger charge is -2.07. The van der Waals surface area contributed by atoms with Crippen molar-refractivity contribution < 1.29 is 4.79 Å². The van der Waals surface area contributed by atoms with Gasteiger partial charge in [-0.05, 0) is 20.8 Å². The molecular formula is C9H16N4O. The maximum Gasteiger partial charge on any atom is 0.256 e. The van der Waals surface area contributed by atoms with Crippen molar-refractivity contribution in [3.63, 3.8) is 0 Å². The first-order valence-electron chi connectivity index (χ1n) is 4.68. The van der Waals surface area contributed by atoms with Crippen molar-refractivity contribution in [2.45, 2.75) is 33.4 Å². The number of aryl methyl sites for hydroxylation is 1. The third-order valence-electron chi connectivity index (χ3n) is 1.84. The summed E-state index contributed by atoms with van der Waals surface area (Å²) in [5.74, 6) is 0.253. The predicted octanol–water partition coefficient (Wildman–Crippen LogP) is 0.623. The Labute approximate surface area is 83.3 Å².